The molecular formula is C17H20N6OS2. The smallest absolute Gasteiger partial charge is 0.233 e. The highest BCUT2D eigenvalue weighted by molar-refractivity contribution is 7.99. The summed E-state index contributed by atoms with van der Waals surface area (Å²) < 4.78 is 2.65. The molecule has 1 saturated carbocycles. The zero-order valence-corrected chi connectivity index (χ0v) is 16.3. The first kappa shape index (κ1) is 17.3. The number of amides is 1. The lowest BCUT2D eigenvalue weighted by Crippen LogP contribution is -2.31. The van der Waals surface area contributed by atoms with E-state index in [-0.39, 0.29) is 17.7 Å². The summed E-state index contributed by atoms with van der Waals surface area (Å²) in [6.07, 6.45) is 2.22. The van der Waals surface area contributed by atoms with Crippen LogP contribution in [0.1, 0.15) is 42.6 Å². The highest BCUT2D eigenvalue weighted by Gasteiger charge is 2.30. The number of aromatic nitrogens is 4. The van der Waals surface area contributed by atoms with Crippen LogP contribution in [-0.2, 0) is 4.79 Å². The fourth-order valence-corrected chi connectivity index (χ4v) is 4.54. The second-order valence-corrected chi connectivity index (χ2v) is 8.48. The molecule has 2 aromatic heterocycles. The van der Waals surface area contributed by atoms with E-state index in [1.807, 2.05) is 38.2 Å². The number of thiazole rings is 1. The Morgan fingerprint density at radius 2 is 2.19 bits per heavy atom. The number of nitrogens with two attached hydrogens (primary N) is 1. The lowest BCUT2D eigenvalue weighted by atomic mass is 10.3. The first-order valence-corrected chi connectivity index (χ1v) is 10.3. The molecule has 1 aliphatic rings. The number of thioether (sulfide) groups is 1. The van der Waals surface area contributed by atoms with E-state index in [2.05, 4.69) is 15.2 Å². The van der Waals surface area contributed by atoms with Crippen molar-refractivity contribution in [3.05, 3.63) is 35.1 Å². The topological polar surface area (TPSA) is 89.9 Å². The van der Waals surface area contributed by atoms with Gasteiger partial charge in [0.05, 0.1) is 22.0 Å². The van der Waals surface area contributed by atoms with Crippen LogP contribution in [0.3, 0.4) is 0 Å². The van der Waals surface area contributed by atoms with Gasteiger partial charge in [-0.25, -0.2) is 9.66 Å². The molecule has 2 heterocycles. The maximum atomic E-state index is 12.6. The Kier molecular flexibility index (Phi) is 4.58. The Labute approximate surface area is 159 Å². The van der Waals surface area contributed by atoms with Crippen LogP contribution in [-0.4, -0.2) is 43.5 Å². The van der Waals surface area contributed by atoms with Crippen LogP contribution in [0, 0.1) is 0 Å². The van der Waals surface area contributed by atoms with E-state index in [9.17, 15) is 4.79 Å². The number of para-hydroxylation sites is 1. The number of carbonyl (C=O) groups is 1. The highest BCUT2D eigenvalue weighted by atomic mass is 32.2. The Balaban J connectivity index is 1.40. The summed E-state index contributed by atoms with van der Waals surface area (Å²) in [5, 5.41) is 9.77. The number of nitrogens with zero attached hydrogens (tertiary/aromatic N) is 5. The molecule has 0 aliphatic heterocycles. The minimum Gasteiger partial charge on any atom is -0.336 e. The molecule has 0 bridgehead atoms. The van der Waals surface area contributed by atoms with Crippen molar-refractivity contribution in [1.29, 1.82) is 0 Å². The maximum Gasteiger partial charge on any atom is 0.233 e. The highest BCUT2D eigenvalue weighted by Crippen LogP contribution is 2.39. The van der Waals surface area contributed by atoms with Crippen molar-refractivity contribution in [3.8, 4) is 0 Å². The molecule has 1 fully saturated rings. The quantitative estimate of drug-likeness (QED) is 0.516. The molecule has 1 aliphatic carbocycles. The number of nitrogen functional groups attached to an aromatic ring is 1. The molecule has 1 aromatic carbocycles. The van der Waals surface area contributed by atoms with Crippen LogP contribution in [0.2, 0.25) is 0 Å². The first-order chi connectivity index (χ1) is 12.5. The van der Waals surface area contributed by atoms with Gasteiger partial charge in [0, 0.05) is 13.0 Å². The van der Waals surface area contributed by atoms with Crippen molar-refractivity contribution < 1.29 is 4.79 Å². The Morgan fingerprint density at radius 1 is 1.42 bits per heavy atom. The van der Waals surface area contributed by atoms with Crippen LogP contribution in [0.5, 0.6) is 0 Å². The van der Waals surface area contributed by atoms with Crippen molar-refractivity contribution in [2.75, 3.05) is 18.6 Å². The second-order valence-electron chi connectivity index (χ2n) is 6.47. The molecule has 26 heavy (non-hydrogen) atoms. The third-order valence-corrected chi connectivity index (χ3v) is 6.73. The third-order valence-electron chi connectivity index (χ3n) is 4.60. The molecule has 9 heteroatoms. The normalized spacial score (nSPS) is 15.3. The summed E-state index contributed by atoms with van der Waals surface area (Å²) in [5.41, 5.74) is 0.971. The van der Waals surface area contributed by atoms with E-state index in [0.29, 0.717) is 11.1 Å². The number of rotatable bonds is 6. The monoisotopic (exact) mass is 388 g/mol. The van der Waals surface area contributed by atoms with Gasteiger partial charge in [0.15, 0.2) is 5.82 Å². The molecule has 0 saturated heterocycles. The molecule has 1 atom stereocenters. The van der Waals surface area contributed by atoms with Gasteiger partial charge in [-0.3, -0.25) is 4.79 Å². The van der Waals surface area contributed by atoms with E-state index in [1.165, 1.54) is 16.4 Å². The maximum absolute atomic E-state index is 12.6. The van der Waals surface area contributed by atoms with Crippen LogP contribution in [0.15, 0.2) is 29.4 Å². The van der Waals surface area contributed by atoms with E-state index in [0.717, 1.165) is 33.9 Å². The van der Waals surface area contributed by atoms with Gasteiger partial charge in [-0.05, 0) is 31.9 Å². The zero-order valence-electron chi connectivity index (χ0n) is 14.6. The molecule has 0 spiro atoms. The predicted octanol–water partition coefficient (Wildman–Crippen LogP) is 2.79. The molecule has 0 unspecified atom stereocenters. The summed E-state index contributed by atoms with van der Waals surface area (Å²) in [6, 6.07) is 7.93. The molecule has 1 amide bonds. The average molecular weight is 389 g/mol. The van der Waals surface area contributed by atoms with E-state index in [1.54, 1.807) is 16.2 Å². The molecular weight excluding hydrogens is 368 g/mol. The molecule has 4 rings (SSSR count). The zero-order chi connectivity index (χ0) is 18.3. The summed E-state index contributed by atoms with van der Waals surface area (Å²) in [5.74, 6) is 7.57. The van der Waals surface area contributed by atoms with Gasteiger partial charge in [-0.15, -0.1) is 21.5 Å². The number of fused-ring (bicyclic) bond motifs is 1. The van der Waals surface area contributed by atoms with Gasteiger partial charge in [0.2, 0.25) is 11.1 Å². The van der Waals surface area contributed by atoms with Crippen LogP contribution in [0.25, 0.3) is 10.2 Å². The molecule has 0 radical (unpaired) electrons. The Bertz CT molecular complexity index is 915. The number of benzene rings is 1. The summed E-state index contributed by atoms with van der Waals surface area (Å²) in [4.78, 5) is 19.0. The molecule has 3 aromatic rings. The third kappa shape index (κ3) is 3.28. The van der Waals surface area contributed by atoms with Gasteiger partial charge in [0.25, 0.3) is 0 Å². The van der Waals surface area contributed by atoms with Gasteiger partial charge in [-0.2, -0.15) is 0 Å². The van der Waals surface area contributed by atoms with Crippen molar-refractivity contribution in [2.45, 2.75) is 36.9 Å². The Morgan fingerprint density at radius 3 is 2.92 bits per heavy atom. The standard InChI is InChI=1S/C17H20N6OS2/c1-10(16-19-12-5-3-4-6-13(12)26-16)22(2)14(24)9-25-17-21-20-15(23(17)18)11-7-8-11/h3-6,10-11H,7-9,18H2,1-2H3/t10-/m1/s1. The van der Waals surface area contributed by atoms with Gasteiger partial charge in [0.1, 0.15) is 5.01 Å². The van der Waals surface area contributed by atoms with Crippen molar-refractivity contribution in [1.82, 2.24) is 24.8 Å². The lowest BCUT2D eigenvalue weighted by molar-refractivity contribution is -0.128. The summed E-state index contributed by atoms with van der Waals surface area (Å²) >= 11 is 2.95. The largest absolute Gasteiger partial charge is 0.336 e. The number of hydrogen-bond acceptors (Lipinski definition) is 7. The van der Waals surface area contributed by atoms with Crippen molar-refractivity contribution in [2.24, 2.45) is 0 Å². The minimum absolute atomic E-state index is 0.0118. The van der Waals surface area contributed by atoms with Crippen LogP contribution < -0.4 is 5.84 Å². The fourth-order valence-electron chi connectivity index (χ4n) is 2.69. The van der Waals surface area contributed by atoms with Gasteiger partial charge in [-0.1, -0.05) is 23.9 Å². The minimum atomic E-state index is -0.0849. The molecule has 2 N–H and O–H groups in total. The van der Waals surface area contributed by atoms with Crippen LogP contribution >= 0.6 is 23.1 Å². The molecule has 7 nitrogen and oxygen atoms in total. The molecule has 136 valence electrons. The van der Waals surface area contributed by atoms with E-state index in [4.69, 9.17) is 5.84 Å². The lowest BCUT2D eigenvalue weighted by Gasteiger charge is -2.23. The number of hydrogen-bond donors (Lipinski definition) is 1. The van der Waals surface area contributed by atoms with E-state index < -0.39 is 0 Å². The summed E-state index contributed by atoms with van der Waals surface area (Å²) in [6.45, 7) is 2.00. The Hall–Kier alpha value is -2.13. The van der Waals surface area contributed by atoms with E-state index >= 15 is 0 Å². The SMILES string of the molecule is C[C@H](c1nc2ccccc2s1)N(C)C(=O)CSc1nnc(C2CC2)n1N. The first-order valence-electron chi connectivity index (χ1n) is 8.49. The van der Waals surface area contributed by atoms with Gasteiger partial charge < -0.3 is 10.7 Å². The fraction of sp³-hybridized carbons (Fsp3) is 0.412. The predicted molar refractivity (Wildman–Crippen MR) is 104 cm³/mol. The summed E-state index contributed by atoms with van der Waals surface area (Å²) in [7, 11) is 1.81. The average Bonchev–Trinajstić information content (AvgIpc) is 3.28. The second kappa shape index (κ2) is 6.88. The van der Waals surface area contributed by atoms with Crippen LogP contribution in [0.4, 0.5) is 0 Å². The number of carbonyl (C=O) groups excluding carboxylic acids is 1. The van der Waals surface area contributed by atoms with Gasteiger partial charge >= 0.3 is 0 Å². The van der Waals surface area contributed by atoms with Crippen molar-refractivity contribution in [3.63, 3.8) is 0 Å². The van der Waals surface area contributed by atoms with Crippen molar-refractivity contribution >= 4 is 39.2 Å².